The van der Waals surface area contributed by atoms with Gasteiger partial charge in [-0.15, -0.1) is 0 Å². The number of ether oxygens (including phenoxy) is 1. The number of carbonyl (C=O) groups is 1. The molecule has 4 heteroatoms. The zero-order valence-electron chi connectivity index (χ0n) is 10.4. The Kier molecular flexibility index (Phi) is 2.42. The highest BCUT2D eigenvalue weighted by molar-refractivity contribution is 5.97. The fourth-order valence-electron chi connectivity index (χ4n) is 2.90. The first-order valence-corrected chi connectivity index (χ1v) is 6.60. The zero-order chi connectivity index (χ0) is 12.0. The number of rotatable bonds is 3. The van der Waals surface area contributed by atoms with E-state index in [1.165, 1.54) is 0 Å². The van der Waals surface area contributed by atoms with Gasteiger partial charge in [-0.25, -0.2) is 4.79 Å². The van der Waals surface area contributed by atoms with Crippen molar-refractivity contribution in [2.75, 3.05) is 0 Å². The molecule has 0 aromatic heterocycles. The van der Waals surface area contributed by atoms with E-state index in [1.807, 2.05) is 0 Å². The van der Waals surface area contributed by atoms with E-state index in [2.05, 4.69) is 19.0 Å². The average Bonchev–Trinajstić information content (AvgIpc) is 2.86. The molecule has 3 rings (SSSR count). The Hall–Kier alpha value is -1.06. The molecular formula is C13H19NO3. The summed E-state index contributed by atoms with van der Waals surface area (Å²) in [5.74, 6) is 0.310. The van der Waals surface area contributed by atoms with E-state index >= 15 is 0 Å². The summed E-state index contributed by atoms with van der Waals surface area (Å²) in [6.45, 7) is 4.20. The minimum atomic E-state index is -0.776. The highest BCUT2D eigenvalue weighted by atomic mass is 16.7. The van der Waals surface area contributed by atoms with Crippen molar-refractivity contribution in [3.63, 3.8) is 0 Å². The quantitative estimate of drug-likeness (QED) is 0.707. The van der Waals surface area contributed by atoms with Crippen LogP contribution < -0.4 is 0 Å². The Morgan fingerprint density at radius 3 is 2.88 bits per heavy atom. The SMILES string of the molecule is CC(C)C1=NOC2(C(=O)OC3CC3)CCCC12. The molecule has 0 amide bonds. The summed E-state index contributed by atoms with van der Waals surface area (Å²) < 4.78 is 5.44. The number of carbonyl (C=O) groups excluding carboxylic acids is 1. The fraction of sp³-hybridized carbons (Fsp3) is 0.846. The second-order valence-corrected chi connectivity index (χ2v) is 5.70. The molecule has 2 fully saturated rings. The summed E-state index contributed by atoms with van der Waals surface area (Å²) in [5.41, 5.74) is 0.262. The lowest BCUT2D eigenvalue weighted by Gasteiger charge is -2.25. The molecule has 2 aliphatic carbocycles. The minimum absolute atomic E-state index is 0.143. The number of nitrogens with zero attached hydrogens (tertiary/aromatic N) is 1. The van der Waals surface area contributed by atoms with Crippen LogP contribution in [0.1, 0.15) is 46.0 Å². The predicted molar refractivity (Wildman–Crippen MR) is 62.5 cm³/mol. The van der Waals surface area contributed by atoms with Crippen LogP contribution in [0.4, 0.5) is 0 Å². The third kappa shape index (κ3) is 1.65. The van der Waals surface area contributed by atoms with Crippen LogP contribution >= 0.6 is 0 Å². The largest absolute Gasteiger partial charge is 0.459 e. The number of esters is 1. The zero-order valence-corrected chi connectivity index (χ0v) is 10.4. The molecule has 1 aliphatic heterocycles. The molecule has 0 saturated heterocycles. The standard InChI is InChI=1S/C13H19NO3/c1-8(2)11-10-4-3-7-13(10,17-14-11)12(15)16-9-5-6-9/h8-10H,3-7H2,1-2H3. The minimum Gasteiger partial charge on any atom is -0.459 e. The van der Waals surface area contributed by atoms with Crippen molar-refractivity contribution in [1.29, 1.82) is 0 Å². The van der Waals surface area contributed by atoms with Crippen LogP contribution in [0.15, 0.2) is 5.16 Å². The van der Waals surface area contributed by atoms with Gasteiger partial charge in [0.05, 0.1) is 11.6 Å². The first-order chi connectivity index (χ1) is 8.13. The van der Waals surface area contributed by atoms with Crippen LogP contribution in [0.3, 0.4) is 0 Å². The van der Waals surface area contributed by atoms with Crippen molar-refractivity contribution in [3.8, 4) is 0 Å². The molecule has 1 heterocycles. The smallest absolute Gasteiger partial charge is 0.354 e. The van der Waals surface area contributed by atoms with E-state index in [4.69, 9.17) is 9.57 Å². The van der Waals surface area contributed by atoms with Crippen LogP contribution in [-0.2, 0) is 14.4 Å². The molecule has 2 unspecified atom stereocenters. The van der Waals surface area contributed by atoms with E-state index in [-0.39, 0.29) is 18.0 Å². The van der Waals surface area contributed by atoms with Crippen molar-refractivity contribution in [1.82, 2.24) is 0 Å². The fourth-order valence-corrected chi connectivity index (χ4v) is 2.90. The molecule has 17 heavy (non-hydrogen) atoms. The molecule has 3 aliphatic rings. The molecule has 2 saturated carbocycles. The molecule has 94 valence electrons. The summed E-state index contributed by atoms with van der Waals surface area (Å²) >= 11 is 0. The summed E-state index contributed by atoms with van der Waals surface area (Å²) in [6.07, 6.45) is 4.93. The van der Waals surface area contributed by atoms with Crippen molar-refractivity contribution >= 4 is 11.7 Å². The van der Waals surface area contributed by atoms with Gasteiger partial charge in [-0.2, -0.15) is 0 Å². The summed E-state index contributed by atoms with van der Waals surface area (Å²) in [6, 6.07) is 0. The van der Waals surface area contributed by atoms with E-state index in [1.54, 1.807) is 0 Å². The lowest BCUT2D eigenvalue weighted by atomic mass is 9.83. The molecule has 0 spiro atoms. The Labute approximate surface area is 101 Å². The Morgan fingerprint density at radius 2 is 2.24 bits per heavy atom. The van der Waals surface area contributed by atoms with Gasteiger partial charge >= 0.3 is 5.97 Å². The highest BCUT2D eigenvalue weighted by Crippen LogP contribution is 2.46. The van der Waals surface area contributed by atoms with Crippen molar-refractivity contribution < 1.29 is 14.4 Å². The molecule has 0 aromatic rings. The third-order valence-electron chi connectivity index (χ3n) is 4.01. The van der Waals surface area contributed by atoms with Crippen LogP contribution in [-0.4, -0.2) is 23.4 Å². The molecule has 0 N–H and O–H groups in total. The van der Waals surface area contributed by atoms with Gasteiger partial charge in [-0.3, -0.25) is 0 Å². The molecule has 0 radical (unpaired) electrons. The summed E-state index contributed by atoms with van der Waals surface area (Å²) in [7, 11) is 0. The topological polar surface area (TPSA) is 47.9 Å². The molecular weight excluding hydrogens is 218 g/mol. The van der Waals surface area contributed by atoms with Crippen LogP contribution in [0.2, 0.25) is 0 Å². The molecule has 0 bridgehead atoms. The number of hydrogen-bond acceptors (Lipinski definition) is 4. The first-order valence-electron chi connectivity index (χ1n) is 6.60. The van der Waals surface area contributed by atoms with E-state index in [9.17, 15) is 4.79 Å². The van der Waals surface area contributed by atoms with E-state index < -0.39 is 5.60 Å². The lowest BCUT2D eigenvalue weighted by Crippen LogP contribution is -2.45. The first kappa shape index (κ1) is 11.1. The third-order valence-corrected chi connectivity index (χ3v) is 4.01. The Morgan fingerprint density at radius 1 is 1.47 bits per heavy atom. The van der Waals surface area contributed by atoms with Gasteiger partial charge in [0.2, 0.25) is 5.60 Å². The number of oxime groups is 1. The van der Waals surface area contributed by atoms with Crippen molar-refractivity contribution in [2.45, 2.75) is 57.7 Å². The Balaban J connectivity index is 1.80. The molecule has 0 aromatic carbocycles. The van der Waals surface area contributed by atoms with Gasteiger partial charge in [0.25, 0.3) is 0 Å². The number of hydrogen-bond donors (Lipinski definition) is 0. The van der Waals surface area contributed by atoms with Gasteiger partial charge in [-0.1, -0.05) is 19.0 Å². The van der Waals surface area contributed by atoms with Crippen LogP contribution in [0, 0.1) is 11.8 Å². The summed E-state index contributed by atoms with van der Waals surface area (Å²) in [4.78, 5) is 17.8. The van der Waals surface area contributed by atoms with Gasteiger partial charge in [0.15, 0.2) is 0 Å². The summed E-state index contributed by atoms with van der Waals surface area (Å²) in [5, 5.41) is 4.16. The van der Waals surface area contributed by atoms with Crippen molar-refractivity contribution in [2.24, 2.45) is 17.0 Å². The second-order valence-electron chi connectivity index (χ2n) is 5.70. The number of fused-ring (bicyclic) bond motifs is 1. The van der Waals surface area contributed by atoms with E-state index in [0.29, 0.717) is 5.92 Å². The van der Waals surface area contributed by atoms with Gasteiger partial charge in [0.1, 0.15) is 6.10 Å². The average molecular weight is 237 g/mol. The normalized spacial score (nSPS) is 35.5. The maximum Gasteiger partial charge on any atom is 0.354 e. The van der Waals surface area contributed by atoms with Gasteiger partial charge in [0, 0.05) is 6.42 Å². The van der Waals surface area contributed by atoms with Crippen LogP contribution in [0.25, 0.3) is 0 Å². The Bertz CT molecular complexity index is 373. The van der Waals surface area contributed by atoms with E-state index in [0.717, 1.165) is 37.8 Å². The molecule has 2 atom stereocenters. The lowest BCUT2D eigenvalue weighted by molar-refractivity contribution is -0.173. The second kappa shape index (κ2) is 3.72. The highest BCUT2D eigenvalue weighted by Gasteiger charge is 2.59. The maximum absolute atomic E-state index is 12.2. The van der Waals surface area contributed by atoms with Crippen molar-refractivity contribution in [3.05, 3.63) is 0 Å². The van der Waals surface area contributed by atoms with Gasteiger partial charge < -0.3 is 9.57 Å². The van der Waals surface area contributed by atoms with Crippen LogP contribution in [0.5, 0.6) is 0 Å². The molecule has 4 nitrogen and oxygen atoms in total. The van der Waals surface area contributed by atoms with Gasteiger partial charge in [-0.05, 0) is 31.6 Å². The predicted octanol–water partition coefficient (Wildman–Crippen LogP) is 2.27. The monoisotopic (exact) mass is 237 g/mol. The maximum atomic E-state index is 12.2.